The molecule has 17 heavy (non-hydrogen) atoms. The van der Waals surface area contributed by atoms with E-state index in [0.29, 0.717) is 11.4 Å². The summed E-state index contributed by atoms with van der Waals surface area (Å²) in [6.07, 6.45) is 5.37. The molecule has 0 aromatic carbocycles. The number of carboxylic acids is 1. The first-order chi connectivity index (χ1) is 7.76. The van der Waals surface area contributed by atoms with Crippen LogP contribution in [0.2, 0.25) is 0 Å². The van der Waals surface area contributed by atoms with Gasteiger partial charge in [-0.15, -0.1) is 6.42 Å². The number of aromatic nitrogens is 1. The monoisotopic (exact) mass is 232 g/mol. The number of aryl methyl sites for hydroxylation is 2. The highest BCUT2D eigenvalue weighted by Crippen LogP contribution is 2.21. The van der Waals surface area contributed by atoms with Gasteiger partial charge in [-0.25, -0.2) is 9.78 Å². The molecule has 0 atom stereocenters. The van der Waals surface area contributed by atoms with Gasteiger partial charge in [-0.3, -0.25) is 0 Å². The summed E-state index contributed by atoms with van der Waals surface area (Å²) in [4.78, 5) is 15.4. The summed E-state index contributed by atoms with van der Waals surface area (Å²) >= 11 is 0. The summed E-state index contributed by atoms with van der Waals surface area (Å²) in [5, 5.41) is 12.1. The number of terminal acetylenes is 1. The lowest BCUT2D eigenvalue weighted by Gasteiger charge is -2.22. The summed E-state index contributed by atoms with van der Waals surface area (Å²) in [5.74, 6) is 1.86. The Balaban J connectivity index is 3.32. The van der Waals surface area contributed by atoms with Crippen LogP contribution in [-0.2, 0) is 0 Å². The van der Waals surface area contributed by atoms with Gasteiger partial charge >= 0.3 is 5.97 Å². The molecule has 4 nitrogen and oxygen atoms in total. The van der Waals surface area contributed by atoms with Crippen molar-refractivity contribution in [3.8, 4) is 12.3 Å². The molecule has 1 heterocycles. The van der Waals surface area contributed by atoms with Crippen molar-refractivity contribution in [2.45, 2.75) is 33.2 Å². The number of pyridine rings is 1. The molecule has 1 aromatic heterocycles. The zero-order valence-corrected chi connectivity index (χ0v) is 10.5. The first kappa shape index (κ1) is 13.0. The lowest BCUT2D eigenvalue weighted by molar-refractivity contribution is 0.0697. The second-order valence-corrected chi connectivity index (χ2v) is 4.50. The minimum absolute atomic E-state index is 0.166. The standard InChI is InChI=1S/C13H16N2O2/c1-6-13(4,5)15-11-10(12(16)17)8(2)7-9(3)14-11/h1,7H,2-5H3,(H,14,15)(H,16,17). The Morgan fingerprint density at radius 1 is 1.53 bits per heavy atom. The van der Waals surface area contributed by atoms with Crippen molar-refractivity contribution in [3.05, 3.63) is 22.9 Å². The summed E-state index contributed by atoms with van der Waals surface area (Å²) in [6.45, 7) is 7.13. The van der Waals surface area contributed by atoms with Gasteiger partial charge in [-0.1, -0.05) is 5.92 Å². The molecule has 0 saturated heterocycles. The molecule has 0 saturated carbocycles. The lowest BCUT2D eigenvalue weighted by atomic mass is 10.0. The van der Waals surface area contributed by atoms with Gasteiger partial charge in [0.2, 0.25) is 0 Å². The van der Waals surface area contributed by atoms with Crippen molar-refractivity contribution in [2.24, 2.45) is 0 Å². The van der Waals surface area contributed by atoms with Gasteiger partial charge in [0.05, 0.1) is 5.54 Å². The minimum Gasteiger partial charge on any atom is -0.478 e. The lowest BCUT2D eigenvalue weighted by Crippen LogP contribution is -2.30. The highest BCUT2D eigenvalue weighted by atomic mass is 16.4. The van der Waals surface area contributed by atoms with Crippen molar-refractivity contribution in [1.29, 1.82) is 0 Å². The molecular formula is C13H16N2O2. The number of aromatic carboxylic acids is 1. The number of hydrogen-bond donors (Lipinski definition) is 2. The Hall–Kier alpha value is -2.02. The van der Waals surface area contributed by atoms with Crippen LogP contribution in [0.3, 0.4) is 0 Å². The normalized spacial score (nSPS) is 10.8. The minimum atomic E-state index is -1.01. The second-order valence-electron chi connectivity index (χ2n) is 4.50. The van der Waals surface area contributed by atoms with Crippen molar-refractivity contribution in [3.63, 3.8) is 0 Å². The van der Waals surface area contributed by atoms with Crippen LogP contribution in [0.1, 0.15) is 35.5 Å². The van der Waals surface area contributed by atoms with Crippen LogP contribution in [0, 0.1) is 26.2 Å². The molecule has 0 fully saturated rings. The zero-order valence-electron chi connectivity index (χ0n) is 10.5. The first-order valence-corrected chi connectivity index (χ1v) is 5.24. The molecule has 0 aliphatic carbocycles. The molecule has 0 spiro atoms. The number of nitrogens with one attached hydrogen (secondary N) is 1. The van der Waals surface area contributed by atoms with E-state index in [4.69, 9.17) is 6.42 Å². The van der Waals surface area contributed by atoms with Gasteiger partial charge in [-0.2, -0.15) is 0 Å². The Kier molecular flexibility index (Phi) is 3.42. The summed E-state index contributed by atoms with van der Waals surface area (Å²) in [6, 6.07) is 1.73. The molecule has 1 aromatic rings. The molecule has 0 aliphatic heterocycles. The number of hydrogen-bond acceptors (Lipinski definition) is 3. The fourth-order valence-corrected chi connectivity index (χ4v) is 1.53. The maximum absolute atomic E-state index is 11.2. The number of carboxylic acid groups (broad SMARTS) is 1. The smallest absolute Gasteiger partial charge is 0.339 e. The van der Waals surface area contributed by atoms with Crippen LogP contribution in [0.25, 0.3) is 0 Å². The maximum Gasteiger partial charge on any atom is 0.339 e. The molecule has 4 heteroatoms. The molecule has 0 bridgehead atoms. The fourth-order valence-electron chi connectivity index (χ4n) is 1.53. The number of anilines is 1. The van der Waals surface area contributed by atoms with E-state index in [0.717, 1.165) is 5.69 Å². The SMILES string of the molecule is C#CC(C)(C)Nc1nc(C)cc(C)c1C(=O)O. The quantitative estimate of drug-likeness (QED) is 0.784. The Morgan fingerprint density at radius 2 is 2.12 bits per heavy atom. The predicted molar refractivity (Wildman–Crippen MR) is 67.2 cm³/mol. The van der Waals surface area contributed by atoms with Crippen LogP contribution < -0.4 is 5.32 Å². The highest BCUT2D eigenvalue weighted by Gasteiger charge is 2.21. The van der Waals surface area contributed by atoms with Crippen molar-refractivity contribution in [2.75, 3.05) is 5.32 Å². The summed E-state index contributed by atoms with van der Waals surface area (Å²) in [7, 11) is 0. The maximum atomic E-state index is 11.2. The molecule has 0 amide bonds. The second kappa shape index (κ2) is 4.46. The number of rotatable bonds is 3. The third-order valence-electron chi connectivity index (χ3n) is 2.35. The topological polar surface area (TPSA) is 62.2 Å². The van der Waals surface area contributed by atoms with Crippen LogP contribution in [-0.4, -0.2) is 21.6 Å². The molecular weight excluding hydrogens is 216 g/mol. The van der Waals surface area contributed by atoms with Crippen molar-refractivity contribution >= 4 is 11.8 Å². The highest BCUT2D eigenvalue weighted by molar-refractivity contribution is 5.95. The molecule has 0 radical (unpaired) electrons. The van der Waals surface area contributed by atoms with E-state index in [1.807, 2.05) is 6.92 Å². The molecule has 0 aliphatic rings. The average molecular weight is 232 g/mol. The third kappa shape index (κ3) is 2.97. The fraction of sp³-hybridized carbons (Fsp3) is 0.385. The van der Waals surface area contributed by atoms with Crippen LogP contribution in [0.4, 0.5) is 5.82 Å². The van der Waals surface area contributed by atoms with Crippen LogP contribution >= 0.6 is 0 Å². The van der Waals surface area contributed by atoms with E-state index < -0.39 is 11.5 Å². The van der Waals surface area contributed by atoms with E-state index in [9.17, 15) is 9.90 Å². The van der Waals surface area contributed by atoms with Gasteiger partial charge in [0.1, 0.15) is 11.4 Å². The third-order valence-corrected chi connectivity index (χ3v) is 2.35. The van der Waals surface area contributed by atoms with Gasteiger partial charge < -0.3 is 10.4 Å². The van der Waals surface area contributed by atoms with Gasteiger partial charge in [0.25, 0.3) is 0 Å². The van der Waals surface area contributed by atoms with Gasteiger partial charge in [0, 0.05) is 5.69 Å². The Labute approximate surface area is 101 Å². The van der Waals surface area contributed by atoms with Gasteiger partial charge in [-0.05, 0) is 39.3 Å². The molecule has 90 valence electrons. The number of nitrogens with zero attached hydrogens (tertiary/aromatic N) is 1. The van der Waals surface area contributed by atoms with E-state index in [2.05, 4.69) is 16.2 Å². The zero-order chi connectivity index (χ0) is 13.2. The molecule has 0 unspecified atom stereocenters. The van der Waals surface area contributed by atoms with E-state index in [1.54, 1.807) is 26.8 Å². The number of carbonyl (C=O) groups is 1. The van der Waals surface area contributed by atoms with Crippen molar-refractivity contribution < 1.29 is 9.90 Å². The van der Waals surface area contributed by atoms with Crippen molar-refractivity contribution in [1.82, 2.24) is 4.98 Å². The molecule has 1 rings (SSSR count). The van der Waals surface area contributed by atoms with Crippen LogP contribution in [0.5, 0.6) is 0 Å². The summed E-state index contributed by atoms with van der Waals surface area (Å²) in [5.41, 5.74) is 0.944. The van der Waals surface area contributed by atoms with E-state index in [1.165, 1.54) is 0 Å². The Bertz CT molecular complexity index is 499. The predicted octanol–water partition coefficient (Wildman–Crippen LogP) is 2.22. The average Bonchev–Trinajstić information content (AvgIpc) is 2.14. The molecule has 2 N–H and O–H groups in total. The van der Waals surface area contributed by atoms with Crippen LogP contribution in [0.15, 0.2) is 6.07 Å². The largest absolute Gasteiger partial charge is 0.478 e. The van der Waals surface area contributed by atoms with E-state index in [-0.39, 0.29) is 5.56 Å². The summed E-state index contributed by atoms with van der Waals surface area (Å²) < 4.78 is 0. The van der Waals surface area contributed by atoms with Gasteiger partial charge in [0.15, 0.2) is 0 Å². The Morgan fingerprint density at radius 3 is 2.59 bits per heavy atom. The first-order valence-electron chi connectivity index (χ1n) is 5.24. The van der Waals surface area contributed by atoms with E-state index >= 15 is 0 Å².